The van der Waals surface area contributed by atoms with Gasteiger partial charge in [0.25, 0.3) is 5.91 Å². The fourth-order valence-electron chi connectivity index (χ4n) is 1.51. The Bertz CT molecular complexity index is 360. The largest absolute Gasteiger partial charge is 0.387 e. The number of rotatable bonds is 5. The SMILES string of the molecule is Cc1ccc(N(CCN(C)C)C(=O)CO)cc1. The summed E-state index contributed by atoms with van der Waals surface area (Å²) in [5.74, 6) is -0.268. The van der Waals surface area contributed by atoms with Gasteiger partial charge in [0.1, 0.15) is 6.61 Å². The number of amides is 1. The fourth-order valence-corrected chi connectivity index (χ4v) is 1.51. The van der Waals surface area contributed by atoms with Gasteiger partial charge in [-0.2, -0.15) is 0 Å². The normalized spacial score (nSPS) is 10.6. The zero-order valence-electron chi connectivity index (χ0n) is 10.7. The average Bonchev–Trinajstić information content (AvgIpc) is 2.30. The van der Waals surface area contributed by atoms with E-state index < -0.39 is 6.61 Å². The number of hydrogen-bond donors (Lipinski definition) is 1. The van der Waals surface area contributed by atoms with Gasteiger partial charge in [-0.3, -0.25) is 4.79 Å². The molecule has 0 aromatic heterocycles. The molecule has 0 bridgehead atoms. The number of nitrogens with zero attached hydrogens (tertiary/aromatic N) is 2. The summed E-state index contributed by atoms with van der Waals surface area (Å²) in [7, 11) is 3.91. The van der Waals surface area contributed by atoms with E-state index in [-0.39, 0.29) is 5.91 Å². The molecule has 0 radical (unpaired) electrons. The highest BCUT2D eigenvalue weighted by atomic mass is 16.3. The number of hydrogen-bond acceptors (Lipinski definition) is 3. The standard InChI is InChI=1S/C13H20N2O2/c1-11-4-6-12(7-5-11)15(13(17)10-16)9-8-14(2)3/h4-7,16H,8-10H2,1-3H3. The monoisotopic (exact) mass is 236 g/mol. The number of carbonyl (C=O) groups excluding carboxylic acids is 1. The Kier molecular flexibility index (Phi) is 5.12. The number of likely N-dealkylation sites (N-methyl/N-ethyl adjacent to an activating group) is 1. The smallest absolute Gasteiger partial charge is 0.252 e. The Morgan fingerprint density at radius 1 is 1.18 bits per heavy atom. The van der Waals surface area contributed by atoms with Crippen molar-refractivity contribution in [1.82, 2.24) is 4.90 Å². The van der Waals surface area contributed by atoms with Crippen molar-refractivity contribution in [2.75, 3.05) is 38.7 Å². The fraction of sp³-hybridized carbons (Fsp3) is 0.462. The Labute approximate surface area is 102 Å². The summed E-state index contributed by atoms with van der Waals surface area (Å²) in [5.41, 5.74) is 1.98. The Hall–Kier alpha value is -1.39. The van der Waals surface area contributed by atoms with Crippen molar-refractivity contribution in [3.63, 3.8) is 0 Å². The molecular weight excluding hydrogens is 216 g/mol. The first kappa shape index (κ1) is 13.7. The van der Waals surface area contributed by atoms with Crippen LogP contribution >= 0.6 is 0 Å². The lowest BCUT2D eigenvalue weighted by molar-refractivity contribution is -0.121. The van der Waals surface area contributed by atoms with Crippen LogP contribution in [-0.2, 0) is 4.79 Å². The van der Waals surface area contributed by atoms with Gasteiger partial charge >= 0.3 is 0 Å². The maximum Gasteiger partial charge on any atom is 0.252 e. The van der Waals surface area contributed by atoms with E-state index in [1.54, 1.807) is 4.90 Å². The first-order valence-corrected chi connectivity index (χ1v) is 5.67. The minimum absolute atomic E-state index is 0.268. The molecule has 17 heavy (non-hydrogen) atoms. The average molecular weight is 236 g/mol. The van der Waals surface area contributed by atoms with Crippen molar-refractivity contribution in [1.29, 1.82) is 0 Å². The number of aliphatic hydroxyl groups is 1. The minimum atomic E-state index is -0.457. The molecule has 1 amide bonds. The van der Waals surface area contributed by atoms with E-state index in [1.807, 2.05) is 50.2 Å². The van der Waals surface area contributed by atoms with Crippen LogP contribution < -0.4 is 4.90 Å². The summed E-state index contributed by atoms with van der Waals surface area (Å²) in [5, 5.41) is 8.98. The molecule has 0 aliphatic carbocycles. The zero-order valence-corrected chi connectivity index (χ0v) is 10.7. The summed E-state index contributed by atoms with van der Waals surface area (Å²) in [6.07, 6.45) is 0. The number of aryl methyl sites for hydroxylation is 1. The van der Waals surface area contributed by atoms with E-state index >= 15 is 0 Å². The van der Waals surface area contributed by atoms with E-state index in [9.17, 15) is 4.79 Å². The van der Waals surface area contributed by atoms with Crippen LogP contribution in [0.5, 0.6) is 0 Å². The van der Waals surface area contributed by atoms with Crippen LogP contribution in [0, 0.1) is 6.92 Å². The molecule has 0 aliphatic heterocycles. The second-order valence-corrected chi connectivity index (χ2v) is 4.34. The van der Waals surface area contributed by atoms with Gasteiger partial charge in [-0.15, -0.1) is 0 Å². The van der Waals surface area contributed by atoms with Crippen molar-refractivity contribution in [2.24, 2.45) is 0 Å². The Balaban J connectivity index is 2.82. The molecule has 0 saturated heterocycles. The zero-order chi connectivity index (χ0) is 12.8. The molecular formula is C13H20N2O2. The molecule has 0 fully saturated rings. The van der Waals surface area contributed by atoms with Crippen LogP contribution in [0.2, 0.25) is 0 Å². The van der Waals surface area contributed by atoms with Gasteiger partial charge in [0.15, 0.2) is 0 Å². The van der Waals surface area contributed by atoms with Crippen LogP contribution in [-0.4, -0.2) is 49.7 Å². The van der Waals surface area contributed by atoms with Crippen molar-refractivity contribution < 1.29 is 9.90 Å². The second-order valence-electron chi connectivity index (χ2n) is 4.34. The highest BCUT2D eigenvalue weighted by molar-refractivity contribution is 5.94. The number of aliphatic hydroxyl groups excluding tert-OH is 1. The van der Waals surface area contributed by atoms with Gasteiger partial charge in [0.05, 0.1) is 0 Å². The molecule has 0 aliphatic rings. The molecule has 1 rings (SSSR count). The summed E-state index contributed by atoms with van der Waals surface area (Å²) < 4.78 is 0. The van der Waals surface area contributed by atoms with Gasteiger partial charge in [0.2, 0.25) is 0 Å². The second kappa shape index (κ2) is 6.37. The molecule has 0 saturated carbocycles. The van der Waals surface area contributed by atoms with Crippen molar-refractivity contribution >= 4 is 11.6 Å². The third kappa shape index (κ3) is 4.17. The predicted molar refractivity (Wildman–Crippen MR) is 69.2 cm³/mol. The molecule has 0 spiro atoms. The lowest BCUT2D eigenvalue weighted by atomic mass is 10.2. The van der Waals surface area contributed by atoms with E-state index in [2.05, 4.69) is 0 Å². The first-order valence-electron chi connectivity index (χ1n) is 5.67. The molecule has 4 heteroatoms. The summed E-state index contributed by atoms with van der Waals surface area (Å²) in [6.45, 7) is 2.89. The van der Waals surface area contributed by atoms with Crippen LogP contribution in [0.15, 0.2) is 24.3 Å². The highest BCUT2D eigenvalue weighted by Gasteiger charge is 2.14. The summed E-state index contributed by atoms with van der Waals surface area (Å²) in [4.78, 5) is 15.3. The van der Waals surface area contributed by atoms with Crippen molar-refractivity contribution in [3.8, 4) is 0 Å². The van der Waals surface area contributed by atoms with Crippen LogP contribution in [0.25, 0.3) is 0 Å². The van der Waals surface area contributed by atoms with Crippen LogP contribution in [0.4, 0.5) is 5.69 Å². The van der Waals surface area contributed by atoms with Crippen molar-refractivity contribution in [3.05, 3.63) is 29.8 Å². The van der Waals surface area contributed by atoms with Gasteiger partial charge < -0.3 is 14.9 Å². The Morgan fingerprint density at radius 3 is 2.24 bits per heavy atom. The van der Waals surface area contributed by atoms with E-state index in [0.29, 0.717) is 6.54 Å². The lowest BCUT2D eigenvalue weighted by Gasteiger charge is -2.23. The van der Waals surface area contributed by atoms with Gasteiger partial charge in [-0.1, -0.05) is 17.7 Å². The molecule has 0 heterocycles. The van der Waals surface area contributed by atoms with Gasteiger partial charge in [0, 0.05) is 18.8 Å². The minimum Gasteiger partial charge on any atom is -0.387 e. The van der Waals surface area contributed by atoms with E-state index in [0.717, 1.165) is 17.8 Å². The maximum atomic E-state index is 11.7. The topological polar surface area (TPSA) is 43.8 Å². The summed E-state index contributed by atoms with van der Waals surface area (Å²) >= 11 is 0. The third-order valence-corrected chi connectivity index (χ3v) is 2.55. The molecule has 1 aromatic rings. The molecule has 94 valence electrons. The van der Waals surface area contributed by atoms with Gasteiger partial charge in [-0.05, 0) is 33.2 Å². The Morgan fingerprint density at radius 2 is 1.76 bits per heavy atom. The van der Waals surface area contributed by atoms with Crippen LogP contribution in [0.3, 0.4) is 0 Å². The maximum absolute atomic E-state index is 11.7. The molecule has 0 atom stereocenters. The van der Waals surface area contributed by atoms with Crippen LogP contribution in [0.1, 0.15) is 5.56 Å². The number of benzene rings is 1. The third-order valence-electron chi connectivity index (χ3n) is 2.55. The number of anilines is 1. The first-order chi connectivity index (χ1) is 8.04. The van der Waals surface area contributed by atoms with Crippen molar-refractivity contribution in [2.45, 2.75) is 6.92 Å². The molecule has 1 N–H and O–H groups in total. The predicted octanol–water partition coefficient (Wildman–Crippen LogP) is 0.882. The van der Waals surface area contributed by atoms with E-state index in [4.69, 9.17) is 5.11 Å². The molecule has 0 unspecified atom stereocenters. The van der Waals surface area contributed by atoms with Gasteiger partial charge in [-0.25, -0.2) is 0 Å². The number of carbonyl (C=O) groups is 1. The highest BCUT2D eigenvalue weighted by Crippen LogP contribution is 2.15. The molecule has 1 aromatic carbocycles. The van der Waals surface area contributed by atoms with E-state index in [1.165, 1.54) is 0 Å². The lowest BCUT2D eigenvalue weighted by Crippen LogP contribution is -2.38. The summed E-state index contributed by atoms with van der Waals surface area (Å²) in [6, 6.07) is 7.72. The quantitative estimate of drug-likeness (QED) is 0.825. The molecule has 4 nitrogen and oxygen atoms in total.